The molecule has 0 spiro atoms. The first kappa shape index (κ1) is 17.0. The Hall–Kier alpha value is -1.34. The molecule has 0 aromatic heterocycles. The molecule has 3 N–H and O–H groups in total. The van der Waals surface area contributed by atoms with E-state index in [1.807, 2.05) is 0 Å². The summed E-state index contributed by atoms with van der Waals surface area (Å²) in [6.07, 6.45) is -0.141. The van der Waals surface area contributed by atoms with Crippen molar-refractivity contribution in [2.45, 2.75) is 12.5 Å². The third-order valence-corrected chi connectivity index (χ3v) is 4.02. The number of halogens is 2. The summed E-state index contributed by atoms with van der Waals surface area (Å²) in [5.74, 6) is -1.41. The molecular formula is C14H17Cl2N3O3. The van der Waals surface area contributed by atoms with Crippen molar-refractivity contribution in [2.24, 2.45) is 0 Å². The Morgan fingerprint density at radius 1 is 1.32 bits per heavy atom. The van der Waals surface area contributed by atoms with Gasteiger partial charge in [0.25, 0.3) is 0 Å². The average Bonchev–Trinajstić information content (AvgIpc) is 2.49. The lowest BCUT2D eigenvalue weighted by atomic mass is 10.1. The molecule has 1 aromatic rings. The Morgan fingerprint density at radius 3 is 2.64 bits per heavy atom. The van der Waals surface area contributed by atoms with Crippen LogP contribution in [0, 0.1) is 0 Å². The van der Waals surface area contributed by atoms with Crippen molar-refractivity contribution in [3.05, 3.63) is 28.2 Å². The number of nitrogens with zero attached hydrogens (tertiary/aromatic N) is 1. The summed E-state index contributed by atoms with van der Waals surface area (Å²) >= 11 is 11.8. The van der Waals surface area contributed by atoms with E-state index in [2.05, 4.69) is 10.6 Å². The summed E-state index contributed by atoms with van der Waals surface area (Å²) in [4.78, 5) is 25.3. The number of benzene rings is 1. The van der Waals surface area contributed by atoms with Crippen LogP contribution in [0.25, 0.3) is 0 Å². The van der Waals surface area contributed by atoms with Crippen LogP contribution in [-0.4, -0.2) is 54.1 Å². The van der Waals surface area contributed by atoms with Gasteiger partial charge < -0.3 is 15.7 Å². The van der Waals surface area contributed by atoms with Crippen LogP contribution in [0.4, 0.5) is 5.69 Å². The first-order valence-corrected chi connectivity index (χ1v) is 7.65. The molecule has 0 unspecified atom stereocenters. The quantitative estimate of drug-likeness (QED) is 0.756. The van der Waals surface area contributed by atoms with E-state index in [9.17, 15) is 14.7 Å². The molecule has 0 bridgehead atoms. The molecule has 0 aliphatic carbocycles. The second-order valence-corrected chi connectivity index (χ2v) is 5.86. The van der Waals surface area contributed by atoms with Crippen LogP contribution >= 0.6 is 23.2 Å². The first-order valence-electron chi connectivity index (χ1n) is 6.90. The monoisotopic (exact) mass is 345 g/mol. The van der Waals surface area contributed by atoms with Crippen molar-refractivity contribution < 1.29 is 14.7 Å². The predicted molar refractivity (Wildman–Crippen MR) is 85.6 cm³/mol. The van der Waals surface area contributed by atoms with E-state index in [0.717, 1.165) is 0 Å². The van der Waals surface area contributed by atoms with Gasteiger partial charge in [-0.1, -0.05) is 23.2 Å². The highest BCUT2D eigenvalue weighted by Gasteiger charge is 2.29. The second-order valence-electron chi connectivity index (χ2n) is 5.02. The Bertz CT molecular complexity index is 562. The number of anilines is 1. The fourth-order valence-corrected chi connectivity index (χ4v) is 2.67. The van der Waals surface area contributed by atoms with Crippen LogP contribution in [0.2, 0.25) is 10.0 Å². The minimum Gasteiger partial charge on any atom is -0.480 e. The highest BCUT2D eigenvalue weighted by molar-refractivity contribution is 6.35. The zero-order chi connectivity index (χ0) is 16.1. The molecular weight excluding hydrogens is 329 g/mol. The third-order valence-electron chi connectivity index (χ3n) is 3.46. The molecule has 1 atom stereocenters. The number of carbonyl (C=O) groups is 2. The van der Waals surface area contributed by atoms with E-state index in [-0.39, 0.29) is 6.42 Å². The lowest BCUT2D eigenvalue weighted by Gasteiger charge is -2.32. The molecule has 1 saturated heterocycles. The summed E-state index contributed by atoms with van der Waals surface area (Å²) in [6.45, 7) is 2.63. The van der Waals surface area contributed by atoms with Crippen molar-refractivity contribution in [1.82, 2.24) is 10.2 Å². The van der Waals surface area contributed by atoms with Crippen LogP contribution in [0.1, 0.15) is 6.42 Å². The molecule has 1 aromatic carbocycles. The lowest BCUT2D eigenvalue weighted by Crippen LogP contribution is -2.52. The van der Waals surface area contributed by atoms with Crippen LogP contribution < -0.4 is 10.6 Å². The minimum atomic E-state index is -1.01. The van der Waals surface area contributed by atoms with Gasteiger partial charge in [-0.05, 0) is 18.2 Å². The van der Waals surface area contributed by atoms with Crippen molar-refractivity contribution in [2.75, 3.05) is 31.5 Å². The van der Waals surface area contributed by atoms with Gasteiger partial charge in [0, 0.05) is 31.2 Å². The molecule has 1 heterocycles. The second kappa shape index (κ2) is 7.78. The number of rotatable bonds is 5. The van der Waals surface area contributed by atoms with Crippen molar-refractivity contribution in [3.63, 3.8) is 0 Å². The number of carboxylic acid groups (broad SMARTS) is 1. The van der Waals surface area contributed by atoms with Gasteiger partial charge in [-0.25, -0.2) is 0 Å². The van der Waals surface area contributed by atoms with E-state index < -0.39 is 17.9 Å². The zero-order valence-electron chi connectivity index (χ0n) is 11.8. The highest BCUT2D eigenvalue weighted by Crippen LogP contribution is 2.25. The van der Waals surface area contributed by atoms with Gasteiger partial charge in [0.2, 0.25) is 5.91 Å². The number of hydrogen-bond donors (Lipinski definition) is 3. The number of amides is 1. The van der Waals surface area contributed by atoms with Crippen molar-refractivity contribution in [1.29, 1.82) is 0 Å². The maximum atomic E-state index is 12.1. The van der Waals surface area contributed by atoms with Gasteiger partial charge in [0.1, 0.15) is 6.04 Å². The Morgan fingerprint density at radius 2 is 2.00 bits per heavy atom. The van der Waals surface area contributed by atoms with Crippen LogP contribution in [0.3, 0.4) is 0 Å². The van der Waals surface area contributed by atoms with E-state index in [1.54, 1.807) is 17.0 Å². The van der Waals surface area contributed by atoms with E-state index in [1.165, 1.54) is 6.07 Å². The van der Waals surface area contributed by atoms with Gasteiger partial charge in [-0.2, -0.15) is 0 Å². The summed E-state index contributed by atoms with van der Waals surface area (Å²) in [7, 11) is 0. The Balaban J connectivity index is 2.01. The minimum absolute atomic E-state index is 0.141. The highest BCUT2D eigenvalue weighted by atomic mass is 35.5. The molecule has 0 radical (unpaired) electrons. The van der Waals surface area contributed by atoms with Gasteiger partial charge in [0.15, 0.2) is 0 Å². The fourth-order valence-electron chi connectivity index (χ4n) is 2.34. The summed E-state index contributed by atoms with van der Waals surface area (Å²) in [5, 5.41) is 15.9. The Labute approximate surface area is 138 Å². The van der Waals surface area contributed by atoms with E-state index in [0.29, 0.717) is 41.9 Å². The van der Waals surface area contributed by atoms with Crippen molar-refractivity contribution in [3.8, 4) is 0 Å². The van der Waals surface area contributed by atoms with Gasteiger partial charge >= 0.3 is 5.97 Å². The molecule has 6 nitrogen and oxygen atoms in total. The molecule has 8 heteroatoms. The topological polar surface area (TPSA) is 81.7 Å². The third kappa shape index (κ3) is 4.58. The molecule has 120 valence electrons. The van der Waals surface area contributed by atoms with Gasteiger partial charge in [0.05, 0.1) is 17.1 Å². The number of aliphatic carboxylic acids is 1. The number of nitrogens with one attached hydrogen (secondary N) is 2. The number of carboxylic acids is 1. The molecule has 1 fully saturated rings. The lowest BCUT2D eigenvalue weighted by molar-refractivity contribution is -0.145. The summed E-state index contributed by atoms with van der Waals surface area (Å²) in [5.41, 5.74) is 0.378. The molecule has 2 rings (SSSR count). The molecule has 1 aliphatic rings. The van der Waals surface area contributed by atoms with Crippen LogP contribution in [0.5, 0.6) is 0 Å². The SMILES string of the molecule is O=C(C[C@@H](C(=O)O)N1CCNCC1)Nc1cc(Cl)ccc1Cl. The van der Waals surface area contributed by atoms with Gasteiger partial charge in [-0.15, -0.1) is 0 Å². The Kier molecular flexibility index (Phi) is 6.02. The number of piperazine rings is 1. The molecule has 1 aliphatic heterocycles. The zero-order valence-corrected chi connectivity index (χ0v) is 13.3. The molecule has 22 heavy (non-hydrogen) atoms. The fraction of sp³-hybridized carbons (Fsp3) is 0.429. The predicted octanol–water partition coefficient (Wildman–Crippen LogP) is 1.68. The van der Waals surface area contributed by atoms with Gasteiger partial charge in [-0.3, -0.25) is 14.5 Å². The number of carbonyl (C=O) groups excluding carboxylic acids is 1. The van der Waals surface area contributed by atoms with Crippen molar-refractivity contribution >= 4 is 40.8 Å². The smallest absolute Gasteiger partial charge is 0.321 e. The average molecular weight is 346 g/mol. The standard InChI is InChI=1S/C14H17Cl2N3O3/c15-9-1-2-10(16)11(7-9)18-13(20)8-12(14(21)22)19-5-3-17-4-6-19/h1-2,7,12,17H,3-6,8H2,(H,18,20)(H,21,22)/t12-/m0/s1. The number of hydrogen-bond acceptors (Lipinski definition) is 4. The van der Waals surface area contributed by atoms with E-state index >= 15 is 0 Å². The maximum absolute atomic E-state index is 12.1. The normalized spacial score (nSPS) is 17.0. The summed E-state index contributed by atoms with van der Waals surface area (Å²) < 4.78 is 0. The first-order chi connectivity index (χ1) is 10.5. The van der Waals surface area contributed by atoms with E-state index in [4.69, 9.17) is 23.2 Å². The largest absolute Gasteiger partial charge is 0.480 e. The van der Waals surface area contributed by atoms with Crippen LogP contribution in [0.15, 0.2) is 18.2 Å². The summed E-state index contributed by atoms with van der Waals surface area (Å²) in [6, 6.07) is 3.87. The maximum Gasteiger partial charge on any atom is 0.321 e. The van der Waals surface area contributed by atoms with Crippen LogP contribution in [-0.2, 0) is 9.59 Å². The molecule has 0 saturated carbocycles. The molecule has 1 amide bonds.